The van der Waals surface area contributed by atoms with Crippen LogP contribution in [0.15, 0.2) is 0 Å². The van der Waals surface area contributed by atoms with Crippen molar-refractivity contribution >= 4 is 5.97 Å². The predicted molar refractivity (Wildman–Crippen MR) is 44.7 cm³/mol. The number of rotatable bonds is 1. The van der Waals surface area contributed by atoms with Crippen molar-refractivity contribution in [1.29, 1.82) is 0 Å². The Morgan fingerprint density at radius 1 is 1.42 bits per heavy atom. The molecule has 1 rings (SSSR count). The molecule has 1 aliphatic rings. The Balaban J connectivity index is 0. The normalized spacial score (nSPS) is 17.1. The van der Waals surface area contributed by atoms with E-state index in [-0.39, 0.29) is 50.4 Å². The summed E-state index contributed by atoms with van der Waals surface area (Å²) in [7, 11) is 1.46. The van der Waals surface area contributed by atoms with Gasteiger partial charge in [-0.2, -0.15) is 12.8 Å². The zero-order chi connectivity index (χ0) is 7.40. The molecule has 1 aliphatic carbocycles. The van der Waals surface area contributed by atoms with Gasteiger partial charge < -0.3 is 18.6 Å². The van der Waals surface area contributed by atoms with E-state index >= 15 is 0 Å². The van der Waals surface area contributed by atoms with Crippen LogP contribution in [0.1, 0.15) is 25.7 Å². The first kappa shape index (κ1) is 15.0. The minimum atomic E-state index is -0.0342. The van der Waals surface area contributed by atoms with Gasteiger partial charge in [0.2, 0.25) is 0 Å². The zero-order valence-corrected chi connectivity index (χ0v) is 12.0. The van der Waals surface area contributed by atoms with E-state index in [0.717, 1.165) is 25.7 Å². The van der Waals surface area contributed by atoms with Gasteiger partial charge in [0, 0.05) is 0 Å². The third-order valence-electron chi connectivity index (χ3n) is 1.97. The van der Waals surface area contributed by atoms with Crippen molar-refractivity contribution in [2.45, 2.75) is 25.7 Å². The van der Waals surface area contributed by atoms with Gasteiger partial charge in [0.15, 0.2) is 0 Å². The molecule has 0 heterocycles. The molecule has 0 atom stereocenters. The Kier molecular flexibility index (Phi) is 10.2. The molecule has 0 spiro atoms. The van der Waals surface area contributed by atoms with E-state index in [1.807, 2.05) is 0 Å². The van der Waals surface area contributed by atoms with Gasteiger partial charge in [-0.15, -0.1) is 0 Å². The first-order valence-corrected chi connectivity index (χ1v) is 3.74. The van der Waals surface area contributed by atoms with Crippen LogP contribution in [0.4, 0.5) is 0 Å². The van der Waals surface area contributed by atoms with E-state index in [1.54, 1.807) is 0 Å². The zero-order valence-electron chi connectivity index (χ0n) is 7.80. The summed E-state index contributed by atoms with van der Waals surface area (Å²) in [4.78, 5) is 10.9. The molecule has 0 bridgehead atoms. The number of ether oxygens (including phenoxy) is 1. The standard InChI is InChI=1S/C8H13O2.CH3.U/c1-10-8(9)7-5-3-2-4-6-7;;/h2,7H,3-6H2,1H3;1H3;/q2*-1;+2. The summed E-state index contributed by atoms with van der Waals surface area (Å²) in [6.45, 7) is 0. The van der Waals surface area contributed by atoms with E-state index in [0.29, 0.717) is 0 Å². The summed E-state index contributed by atoms with van der Waals surface area (Å²) in [5.74, 6) is 0.142. The fourth-order valence-corrected chi connectivity index (χ4v) is 1.33. The molecule has 0 N–H and O–H groups in total. The quantitative estimate of drug-likeness (QED) is 0.503. The third-order valence-corrected chi connectivity index (χ3v) is 1.97. The molecule has 12 heavy (non-hydrogen) atoms. The second kappa shape index (κ2) is 8.14. The molecule has 68 valence electrons. The van der Waals surface area contributed by atoms with E-state index in [9.17, 15) is 4.79 Å². The summed E-state index contributed by atoms with van der Waals surface area (Å²) >= 11 is 0. The topological polar surface area (TPSA) is 26.3 Å². The van der Waals surface area contributed by atoms with Gasteiger partial charge in [-0.05, 0) is 0 Å². The van der Waals surface area contributed by atoms with Crippen molar-refractivity contribution in [2.75, 3.05) is 7.11 Å². The van der Waals surface area contributed by atoms with Crippen LogP contribution in [0.25, 0.3) is 0 Å². The molecule has 1 fully saturated rings. The molecule has 0 unspecified atom stereocenters. The Labute approximate surface area is 98.8 Å². The summed E-state index contributed by atoms with van der Waals surface area (Å²) in [6.07, 6.45) is 6.33. The van der Waals surface area contributed by atoms with Crippen LogP contribution in [0.5, 0.6) is 0 Å². The van der Waals surface area contributed by atoms with Crippen molar-refractivity contribution in [1.82, 2.24) is 0 Å². The van der Waals surface area contributed by atoms with Gasteiger partial charge in [0.1, 0.15) is 0 Å². The largest absolute Gasteiger partial charge is 2.00 e. The molecule has 0 radical (unpaired) electrons. The second-order valence-electron chi connectivity index (χ2n) is 2.66. The van der Waals surface area contributed by atoms with Crippen LogP contribution in [0.2, 0.25) is 0 Å². The minimum Gasteiger partial charge on any atom is -0.469 e. The smallest absolute Gasteiger partial charge is 0.469 e. The summed E-state index contributed by atoms with van der Waals surface area (Å²) in [6, 6.07) is 0. The van der Waals surface area contributed by atoms with E-state index in [1.165, 1.54) is 7.11 Å². The van der Waals surface area contributed by atoms with Gasteiger partial charge >= 0.3 is 37.1 Å². The molecular weight excluding hydrogens is 378 g/mol. The molecule has 0 amide bonds. The monoisotopic (exact) mass is 394 g/mol. The fraction of sp³-hybridized carbons (Fsp3) is 0.667. The molecule has 2 nitrogen and oxygen atoms in total. The Hall–Kier alpha value is 0.522. The van der Waals surface area contributed by atoms with Gasteiger partial charge in [-0.1, -0.05) is 12.8 Å². The van der Waals surface area contributed by atoms with Crippen LogP contribution < -0.4 is 0 Å². The number of carbonyl (C=O) groups excluding carboxylic acids is 1. The van der Waals surface area contributed by atoms with E-state index in [2.05, 4.69) is 11.2 Å². The van der Waals surface area contributed by atoms with Crippen LogP contribution in [0.3, 0.4) is 0 Å². The van der Waals surface area contributed by atoms with E-state index in [4.69, 9.17) is 0 Å². The first-order valence-electron chi connectivity index (χ1n) is 3.74. The fourth-order valence-electron chi connectivity index (χ4n) is 1.33. The first-order chi connectivity index (χ1) is 4.84. The van der Waals surface area contributed by atoms with Crippen molar-refractivity contribution in [3.8, 4) is 0 Å². The van der Waals surface area contributed by atoms with Crippen LogP contribution in [-0.4, -0.2) is 13.1 Å². The van der Waals surface area contributed by atoms with Crippen LogP contribution in [0, 0.1) is 50.9 Å². The SMILES string of the molecule is COC(=O)C1CC[CH-]CC1.[CH3-].[U+2]. The van der Waals surface area contributed by atoms with Crippen molar-refractivity contribution in [2.24, 2.45) is 5.92 Å². The van der Waals surface area contributed by atoms with Crippen molar-refractivity contribution in [3.05, 3.63) is 13.8 Å². The summed E-state index contributed by atoms with van der Waals surface area (Å²) < 4.78 is 4.64. The molecule has 0 aromatic heterocycles. The predicted octanol–water partition coefficient (Wildman–Crippen LogP) is 2.00. The third kappa shape index (κ3) is 4.52. The second-order valence-corrected chi connectivity index (χ2v) is 2.66. The Morgan fingerprint density at radius 3 is 2.33 bits per heavy atom. The molecule has 1 saturated carbocycles. The Bertz CT molecular complexity index is 120. The maximum Gasteiger partial charge on any atom is 2.00 e. The number of methoxy groups -OCH3 is 1. The molecule has 0 aromatic rings. The summed E-state index contributed by atoms with van der Waals surface area (Å²) in [5, 5.41) is 0. The molecular formula is C9H16O2U. The van der Waals surface area contributed by atoms with Crippen molar-refractivity contribution in [3.63, 3.8) is 0 Å². The van der Waals surface area contributed by atoms with Crippen LogP contribution in [-0.2, 0) is 9.53 Å². The minimum absolute atomic E-state index is 0. The molecule has 0 aromatic carbocycles. The molecule has 0 aliphatic heterocycles. The van der Waals surface area contributed by atoms with Crippen LogP contribution >= 0.6 is 0 Å². The van der Waals surface area contributed by atoms with Gasteiger partial charge in [0.25, 0.3) is 0 Å². The number of hydrogen-bond acceptors (Lipinski definition) is 2. The Morgan fingerprint density at radius 2 is 1.92 bits per heavy atom. The number of esters is 1. The maximum absolute atomic E-state index is 10.9. The van der Waals surface area contributed by atoms with Gasteiger partial charge in [-0.25, -0.2) is 0 Å². The average Bonchev–Trinajstić information content (AvgIpc) is 2.05. The molecule has 0 saturated heterocycles. The van der Waals surface area contributed by atoms with Gasteiger partial charge in [0.05, 0.1) is 13.0 Å². The van der Waals surface area contributed by atoms with Gasteiger partial charge in [-0.3, -0.25) is 4.79 Å². The number of carbonyl (C=O) groups is 1. The summed E-state index contributed by atoms with van der Waals surface area (Å²) in [5.41, 5.74) is 0. The molecule has 3 heteroatoms. The maximum atomic E-state index is 10.9. The number of hydrogen-bond donors (Lipinski definition) is 0. The van der Waals surface area contributed by atoms with E-state index < -0.39 is 0 Å². The average molecular weight is 394 g/mol. The van der Waals surface area contributed by atoms with Crippen molar-refractivity contribution < 1.29 is 40.6 Å².